The molecule has 0 atom stereocenters. The van der Waals surface area contributed by atoms with Crippen LogP contribution in [-0.4, -0.2) is 12.5 Å². The van der Waals surface area contributed by atoms with Gasteiger partial charge in [-0.2, -0.15) is 0 Å². The predicted octanol–water partition coefficient (Wildman–Crippen LogP) is 3.39. The zero-order chi connectivity index (χ0) is 15.2. The molecular weight excluding hydrogens is 267 g/mol. The van der Waals surface area contributed by atoms with E-state index in [4.69, 9.17) is 5.73 Å². The maximum absolute atomic E-state index is 13.8. The minimum Gasteiger partial charge on any atom is -0.399 e. The van der Waals surface area contributed by atoms with Crippen LogP contribution in [-0.2, 0) is 11.2 Å². The summed E-state index contributed by atoms with van der Waals surface area (Å²) in [7, 11) is 0. The molecule has 1 amide bonds. The fraction of sp³-hybridized carbons (Fsp3) is 0.235. The van der Waals surface area contributed by atoms with Crippen molar-refractivity contribution in [1.82, 2.24) is 0 Å². The van der Waals surface area contributed by atoms with Gasteiger partial charge in [-0.15, -0.1) is 0 Å². The van der Waals surface area contributed by atoms with Crippen LogP contribution >= 0.6 is 0 Å². The molecule has 2 rings (SSSR count). The molecule has 0 aromatic heterocycles. The number of amides is 1. The van der Waals surface area contributed by atoms with Gasteiger partial charge in [0.2, 0.25) is 5.91 Å². The molecule has 110 valence electrons. The van der Waals surface area contributed by atoms with Crippen molar-refractivity contribution in [1.29, 1.82) is 0 Å². The molecule has 3 nitrogen and oxygen atoms in total. The third-order valence-electron chi connectivity index (χ3n) is 3.42. The number of anilines is 2. The van der Waals surface area contributed by atoms with Gasteiger partial charge in [0.05, 0.1) is 5.69 Å². The van der Waals surface area contributed by atoms with Crippen LogP contribution in [0.5, 0.6) is 0 Å². The van der Waals surface area contributed by atoms with Gasteiger partial charge < -0.3 is 10.6 Å². The summed E-state index contributed by atoms with van der Waals surface area (Å²) in [4.78, 5) is 13.8. The normalized spacial score (nSPS) is 10.4. The molecular formula is C17H19FN2O. The smallest absolute Gasteiger partial charge is 0.227 e. The molecule has 0 aliphatic rings. The molecule has 0 radical (unpaired) electrons. The Morgan fingerprint density at radius 2 is 1.81 bits per heavy atom. The van der Waals surface area contributed by atoms with Crippen molar-refractivity contribution in [2.24, 2.45) is 0 Å². The Morgan fingerprint density at radius 3 is 2.48 bits per heavy atom. The van der Waals surface area contributed by atoms with E-state index in [1.54, 1.807) is 18.2 Å². The predicted molar refractivity (Wildman–Crippen MR) is 83.6 cm³/mol. The molecule has 4 heteroatoms. The van der Waals surface area contributed by atoms with Crippen molar-refractivity contribution >= 4 is 17.3 Å². The molecule has 2 N–H and O–H groups in total. The molecule has 0 aliphatic heterocycles. The molecule has 0 spiro atoms. The fourth-order valence-corrected chi connectivity index (χ4v) is 2.29. The number of rotatable bonds is 5. The average molecular weight is 286 g/mol. The van der Waals surface area contributed by atoms with Crippen molar-refractivity contribution in [2.45, 2.75) is 19.8 Å². The summed E-state index contributed by atoms with van der Waals surface area (Å²) in [6.45, 7) is 2.27. The van der Waals surface area contributed by atoms with E-state index in [9.17, 15) is 9.18 Å². The third kappa shape index (κ3) is 3.60. The first kappa shape index (κ1) is 15.0. The van der Waals surface area contributed by atoms with Crippen LogP contribution in [0.1, 0.15) is 18.9 Å². The molecule has 0 saturated carbocycles. The monoisotopic (exact) mass is 286 g/mol. The highest BCUT2D eigenvalue weighted by atomic mass is 19.1. The standard InChI is InChI=1S/C17H19FN2O/c1-2-20(16-10-6-4-8-14(16)18)17(21)12-11-13-7-3-5-9-15(13)19/h3-10H,2,11-12,19H2,1H3. The minimum atomic E-state index is -0.382. The molecule has 2 aromatic carbocycles. The zero-order valence-corrected chi connectivity index (χ0v) is 12.1. The Morgan fingerprint density at radius 1 is 1.14 bits per heavy atom. The highest BCUT2D eigenvalue weighted by molar-refractivity contribution is 5.93. The second-order valence-corrected chi connectivity index (χ2v) is 4.79. The van der Waals surface area contributed by atoms with Gasteiger partial charge in [-0.25, -0.2) is 4.39 Å². The van der Waals surface area contributed by atoms with Gasteiger partial charge in [0.15, 0.2) is 0 Å². The number of halogens is 1. The number of carbonyl (C=O) groups excluding carboxylic acids is 1. The highest BCUT2D eigenvalue weighted by Gasteiger charge is 2.17. The van der Waals surface area contributed by atoms with Crippen molar-refractivity contribution in [3.8, 4) is 0 Å². The topological polar surface area (TPSA) is 46.3 Å². The molecule has 0 unspecified atom stereocenters. The summed E-state index contributed by atoms with van der Waals surface area (Å²) in [5.41, 5.74) is 7.81. The summed E-state index contributed by atoms with van der Waals surface area (Å²) >= 11 is 0. The molecule has 0 fully saturated rings. The van der Waals surface area contributed by atoms with Gasteiger partial charge in [-0.05, 0) is 37.1 Å². The Balaban J connectivity index is 2.08. The van der Waals surface area contributed by atoms with Gasteiger partial charge in [0.25, 0.3) is 0 Å². The third-order valence-corrected chi connectivity index (χ3v) is 3.42. The number of aryl methyl sites for hydroxylation is 1. The van der Waals surface area contributed by atoms with E-state index >= 15 is 0 Å². The Bertz CT molecular complexity index is 628. The van der Waals surface area contributed by atoms with E-state index in [0.717, 1.165) is 5.56 Å². The lowest BCUT2D eigenvalue weighted by molar-refractivity contribution is -0.118. The van der Waals surface area contributed by atoms with Crippen LogP contribution in [0.4, 0.5) is 15.8 Å². The summed E-state index contributed by atoms with van der Waals surface area (Å²) in [5.74, 6) is -0.488. The first-order valence-electron chi connectivity index (χ1n) is 7.01. The van der Waals surface area contributed by atoms with E-state index in [1.165, 1.54) is 11.0 Å². The van der Waals surface area contributed by atoms with Gasteiger partial charge in [0.1, 0.15) is 5.82 Å². The molecule has 0 saturated heterocycles. The lowest BCUT2D eigenvalue weighted by Gasteiger charge is -2.21. The number of hydrogen-bond acceptors (Lipinski definition) is 2. The lowest BCUT2D eigenvalue weighted by Crippen LogP contribution is -2.31. The Labute approximate surface area is 124 Å². The van der Waals surface area contributed by atoms with Crippen molar-refractivity contribution in [3.63, 3.8) is 0 Å². The van der Waals surface area contributed by atoms with Crippen molar-refractivity contribution in [2.75, 3.05) is 17.2 Å². The second-order valence-electron chi connectivity index (χ2n) is 4.79. The van der Waals surface area contributed by atoms with Crippen LogP contribution in [0.15, 0.2) is 48.5 Å². The van der Waals surface area contributed by atoms with Gasteiger partial charge in [-0.3, -0.25) is 4.79 Å². The lowest BCUT2D eigenvalue weighted by atomic mass is 10.1. The number of carbonyl (C=O) groups is 1. The number of nitrogens with zero attached hydrogens (tertiary/aromatic N) is 1. The number of benzene rings is 2. The van der Waals surface area contributed by atoms with E-state index < -0.39 is 0 Å². The largest absolute Gasteiger partial charge is 0.399 e. The second kappa shape index (κ2) is 6.88. The van der Waals surface area contributed by atoms with E-state index in [1.807, 2.05) is 31.2 Å². The molecule has 0 bridgehead atoms. The summed E-state index contributed by atoms with van der Waals surface area (Å²) < 4.78 is 13.8. The van der Waals surface area contributed by atoms with Gasteiger partial charge in [0, 0.05) is 18.7 Å². The molecule has 0 heterocycles. The Kier molecular flexibility index (Phi) is 4.93. The van der Waals surface area contributed by atoms with Crippen LogP contribution in [0.2, 0.25) is 0 Å². The molecule has 0 aliphatic carbocycles. The van der Waals surface area contributed by atoms with Crippen molar-refractivity contribution in [3.05, 3.63) is 59.9 Å². The van der Waals surface area contributed by atoms with Crippen LogP contribution < -0.4 is 10.6 Å². The summed E-state index contributed by atoms with van der Waals surface area (Å²) in [6, 6.07) is 13.8. The van der Waals surface area contributed by atoms with Gasteiger partial charge >= 0.3 is 0 Å². The quantitative estimate of drug-likeness (QED) is 0.856. The van der Waals surface area contributed by atoms with Crippen LogP contribution in [0, 0.1) is 5.82 Å². The molecule has 2 aromatic rings. The average Bonchev–Trinajstić information content (AvgIpc) is 2.49. The zero-order valence-electron chi connectivity index (χ0n) is 12.1. The van der Waals surface area contributed by atoms with Crippen LogP contribution in [0.3, 0.4) is 0 Å². The van der Waals surface area contributed by atoms with Crippen LogP contribution in [0.25, 0.3) is 0 Å². The number of nitrogens with two attached hydrogens (primary N) is 1. The first-order chi connectivity index (χ1) is 10.1. The minimum absolute atomic E-state index is 0.106. The number of nitrogen functional groups attached to an aromatic ring is 1. The van der Waals surface area contributed by atoms with E-state index in [0.29, 0.717) is 30.8 Å². The van der Waals surface area contributed by atoms with E-state index in [2.05, 4.69) is 0 Å². The molecule has 21 heavy (non-hydrogen) atoms. The maximum Gasteiger partial charge on any atom is 0.227 e. The van der Waals surface area contributed by atoms with Gasteiger partial charge in [-0.1, -0.05) is 30.3 Å². The first-order valence-corrected chi connectivity index (χ1v) is 7.01. The highest BCUT2D eigenvalue weighted by Crippen LogP contribution is 2.20. The Hall–Kier alpha value is -2.36. The number of hydrogen-bond donors (Lipinski definition) is 1. The SMILES string of the molecule is CCN(C(=O)CCc1ccccc1N)c1ccccc1F. The van der Waals surface area contributed by atoms with Crippen molar-refractivity contribution < 1.29 is 9.18 Å². The maximum atomic E-state index is 13.8. The summed E-state index contributed by atoms with van der Waals surface area (Å²) in [6.07, 6.45) is 0.854. The fourth-order valence-electron chi connectivity index (χ4n) is 2.29. The number of para-hydroxylation sites is 2. The summed E-state index contributed by atoms with van der Waals surface area (Å²) in [5, 5.41) is 0. The van der Waals surface area contributed by atoms with E-state index in [-0.39, 0.29) is 11.7 Å².